The number of pyridine rings is 2. The molecule has 1 saturated heterocycles. The van der Waals surface area contributed by atoms with Crippen LogP contribution in [0.15, 0.2) is 54.9 Å². The minimum Gasteiger partial charge on any atom is -0.480 e. The summed E-state index contributed by atoms with van der Waals surface area (Å²) in [6, 6.07) is 14.3. The quantitative estimate of drug-likeness (QED) is 0.491. The van der Waals surface area contributed by atoms with E-state index in [2.05, 4.69) is 46.3 Å². The largest absolute Gasteiger partial charge is 0.480 e. The molecule has 1 amide bonds. The van der Waals surface area contributed by atoms with Crippen molar-refractivity contribution in [2.75, 3.05) is 25.9 Å². The number of aryl methyl sites for hydroxylation is 1. The van der Waals surface area contributed by atoms with Gasteiger partial charge in [-0.2, -0.15) is 4.98 Å². The molecule has 8 heteroatoms. The Balaban J connectivity index is 1.39. The molecule has 8 nitrogen and oxygen atoms in total. The Labute approximate surface area is 198 Å². The Morgan fingerprint density at radius 3 is 2.79 bits per heavy atom. The number of benzene rings is 1. The van der Waals surface area contributed by atoms with Crippen LogP contribution in [0.25, 0.3) is 16.8 Å². The van der Waals surface area contributed by atoms with Crippen LogP contribution in [0.1, 0.15) is 34.3 Å². The van der Waals surface area contributed by atoms with Crippen LogP contribution in [0.2, 0.25) is 0 Å². The van der Waals surface area contributed by atoms with Crippen molar-refractivity contribution in [3.63, 3.8) is 0 Å². The van der Waals surface area contributed by atoms with Gasteiger partial charge in [-0.3, -0.25) is 4.79 Å². The van der Waals surface area contributed by atoms with E-state index >= 15 is 0 Å². The lowest BCUT2D eigenvalue weighted by Crippen LogP contribution is -2.40. The first-order valence-corrected chi connectivity index (χ1v) is 11.5. The maximum atomic E-state index is 13.6. The summed E-state index contributed by atoms with van der Waals surface area (Å²) in [4.78, 5) is 24.2. The van der Waals surface area contributed by atoms with Crippen molar-refractivity contribution in [3.8, 4) is 17.0 Å². The molecule has 0 bridgehead atoms. The third-order valence-corrected chi connectivity index (χ3v) is 6.41. The molecule has 1 atom stereocenters. The molecule has 3 aromatic heterocycles. The highest BCUT2D eigenvalue weighted by Crippen LogP contribution is 2.28. The van der Waals surface area contributed by atoms with E-state index in [9.17, 15) is 4.79 Å². The second-order valence-electron chi connectivity index (χ2n) is 8.92. The summed E-state index contributed by atoms with van der Waals surface area (Å²) >= 11 is 0. The molecule has 174 valence electrons. The van der Waals surface area contributed by atoms with Crippen LogP contribution < -0.4 is 10.5 Å². The summed E-state index contributed by atoms with van der Waals surface area (Å²) in [6.45, 7) is 3.56. The first kappa shape index (κ1) is 21.9. The minimum absolute atomic E-state index is 0.0485. The number of nitrogens with two attached hydrogens (primary N) is 1. The van der Waals surface area contributed by atoms with Gasteiger partial charge in [-0.15, -0.1) is 5.10 Å². The minimum atomic E-state index is -0.0485. The second-order valence-corrected chi connectivity index (χ2v) is 8.92. The zero-order valence-corrected chi connectivity index (χ0v) is 19.4. The van der Waals surface area contributed by atoms with Crippen LogP contribution in [-0.2, 0) is 6.42 Å². The second kappa shape index (κ2) is 9.13. The zero-order chi connectivity index (χ0) is 23.7. The fraction of sp³-hybridized carbons (Fsp3) is 0.308. The van der Waals surface area contributed by atoms with Gasteiger partial charge >= 0.3 is 0 Å². The number of methoxy groups -OCH3 is 1. The lowest BCUT2D eigenvalue weighted by atomic mass is 9.90. The molecule has 1 unspecified atom stereocenters. The Kier molecular flexibility index (Phi) is 5.88. The van der Waals surface area contributed by atoms with Gasteiger partial charge in [0.25, 0.3) is 5.91 Å². The van der Waals surface area contributed by atoms with Gasteiger partial charge in [0.1, 0.15) is 5.56 Å². The first-order chi connectivity index (χ1) is 16.5. The standard InChI is InChI=1S/C26H28N6O2/c1-17-5-7-18(8-6-17)12-19-4-3-10-31(16-19)25(33)22-13-21(15-28-24(22)34-2)20-9-11-32-23(14-20)29-26(27)30-32/h5-9,11,13-15,19H,3-4,10,12,16H2,1-2H3,(H2,27,30). The lowest BCUT2D eigenvalue weighted by Gasteiger charge is -2.33. The van der Waals surface area contributed by atoms with E-state index < -0.39 is 0 Å². The molecule has 1 aliphatic rings. The van der Waals surface area contributed by atoms with Crippen molar-refractivity contribution < 1.29 is 9.53 Å². The van der Waals surface area contributed by atoms with E-state index in [-0.39, 0.29) is 11.9 Å². The number of anilines is 1. The molecule has 1 aromatic carbocycles. The normalized spacial score (nSPS) is 16.1. The Bertz CT molecular complexity index is 1330. The van der Waals surface area contributed by atoms with Crippen LogP contribution in [0.5, 0.6) is 5.88 Å². The van der Waals surface area contributed by atoms with E-state index in [1.54, 1.807) is 24.0 Å². The molecule has 1 fully saturated rings. The lowest BCUT2D eigenvalue weighted by molar-refractivity contribution is 0.0669. The predicted octanol–water partition coefficient (Wildman–Crippen LogP) is 3.79. The van der Waals surface area contributed by atoms with Crippen LogP contribution in [0, 0.1) is 12.8 Å². The van der Waals surface area contributed by atoms with Crippen LogP contribution in [0.4, 0.5) is 5.95 Å². The fourth-order valence-electron chi connectivity index (χ4n) is 4.65. The zero-order valence-electron chi connectivity index (χ0n) is 19.4. The summed E-state index contributed by atoms with van der Waals surface area (Å²) in [5.74, 6) is 0.935. The summed E-state index contributed by atoms with van der Waals surface area (Å²) < 4.78 is 7.07. The van der Waals surface area contributed by atoms with E-state index in [0.717, 1.165) is 43.5 Å². The number of amides is 1. The summed E-state index contributed by atoms with van der Waals surface area (Å²) in [5, 5.41) is 4.11. The van der Waals surface area contributed by atoms with E-state index in [4.69, 9.17) is 10.5 Å². The molecule has 34 heavy (non-hydrogen) atoms. The van der Waals surface area contributed by atoms with E-state index in [1.807, 2.05) is 23.1 Å². The number of hydrogen-bond donors (Lipinski definition) is 1. The number of piperidine rings is 1. The van der Waals surface area contributed by atoms with Crippen molar-refractivity contribution in [1.29, 1.82) is 0 Å². The van der Waals surface area contributed by atoms with Gasteiger partial charge in [0, 0.05) is 31.0 Å². The monoisotopic (exact) mass is 456 g/mol. The maximum Gasteiger partial charge on any atom is 0.259 e. The van der Waals surface area contributed by atoms with Gasteiger partial charge < -0.3 is 15.4 Å². The molecule has 0 radical (unpaired) electrons. The van der Waals surface area contributed by atoms with Gasteiger partial charge in [0.2, 0.25) is 11.8 Å². The average molecular weight is 457 g/mol. The number of aromatic nitrogens is 4. The topological polar surface area (TPSA) is 98.6 Å². The molecule has 4 aromatic rings. The molecule has 1 aliphatic heterocycles. The number of rotatable bonds is 5. The molecular formula is C26H28N6O2. The number of carbonyl (C=O) groups is 1. The van der Waals surface area contributed by atoms with Crippen molar-refractivity contribution in [2.24, 2.45) is 5.92 Å². The molecule has 0 saturated carbocycles. The first-order valence-electron chi connectivity index (χ1n) is 11.5. The number of ether oxygens (including phenoxy) is 1. The predicted molar refractivity (Wildman–Crippen MR) is 131 cm³/mol. The van der Waals surface area contributed by atoms with Gasteiger partial charge in [0.15, 0.2) is 5.65 Å². The number of carbonyl (C=O) groups excluding carboxylic acids is 1. The summed E-state index contributed by atoms with van der Waals surface area (Å²) in [5.41, 5.74) is 11.1. The number of nitrogens with zero attached hydrogens (tertiary/aromatic N) is 5. The number of nitrogen functional groups attached to an aromatic ring is 1. The molecule has 4 heterocycles. The van der Waals surface area contributed by atoms with Crippen LogP contribution in [-0.4, -0.2) is 50.6 Å². The molecule has 0 spiro atoms. The van der Waals surface area contributed by atoms with Gasteiger partial charge in [-0.1, -0.05) is 29.8 Å². The van der Waals surface area contributed by atoms with Crippen molar-refractivity contribution >= 4 is 17.5 Å². The summed E-state index contributed by atoms with van der Waals surface area (Å²) in [6.07, 6.45) is 6.58. The Hall–Kier alpha value is -3.94. The van der Waals surface area contributed by atoms with Crippen molar-refractivity contribution in [2.45, 2.75) is 26.2 Å². The smallest absolute Gasteiger partial charge is 0.259 e. The highest BCUT2D eigenvalue weighted by molar-refractivity contribution is 5.97. The van der Waals surface area contributed by atoms with Crippen LogP contribution in [0.3, 0.4) is 0 Å². The maximum absolute atomic E-state index is 13.6. The fourth-order valence-corrected chi connectivity index (χ4v) is 4.65. The molecule has 0 aliphatic carbocycles. The Morgan fingerprint density at radius 2 is 2.00 bits per heavy atom. The number of likely N-dealkylation sites (tertiary alicyclic amines) is 1. The van der Waals surface area contributed by atoms with E-state index in [1.165, 1.54) is 11.1 Å². The molecule has 2 N–H and O–H groups in total. The van der Waals surface area contributed by atoms with E-state index in [0.29, 0.717) is 23.0 Å². The molecule has 5 rings (SSSR count). The number of fused-ring (bicyclic) bond motifs is 1. The van der Waals surface area contributed by atoms with Gasteiger partial charge in [-0.25, -0.2) is 9.50 Å². The SMILES string of the molecule is COc1ncc(-c2ccn3nc(N)nc3c2)cc1C(=O)N1CCCC(Cc2ccc(C)cc2)C1. The van der Waals surface area contributed by atoms with Crippen molar-refractivity contribution in [1.82, 2.24) is 24.5 Å². The number of hydrogen-bond acceptors (Lipinski definition) is 6. The molecular weight excluding hydrogens is 428 g/mol. The van der Waals surface area contributed by atoms with Crippen molar-refractivity contribution in [3.05, 3.63) is 71.5 Å². The average Bonchev–Trinajstić information content (AvgIpc) is 3.24. The van der Waals surface area contributed by atoms with Crippen LogP contribution >= 0.6 is 0 Å². The van der Waals surface area contributed by atoms with Gasteiger partial charge in [-0.05, 0) is 61.4 Å². The Morgan fingerprint density at radius 1 is 1.18 bits per heavy atom. The highest BCUT2D eigenvalue weighted by Gasteiger charge is 2.27. The third-order valence-electron chi connectivity index (χ3n) is 6.41. The highest BCUT2D eigenvalue weighted by atomic mass is 16.5. The third kappa shape index (κ3) is 4.44. The van der Waals surface area contributed by atoms with Gasteiger partial charge in [0.05, 0.1) is 7.11 Å². The summed E-state index contributed by atoms with van der Waals surface area (Å²) in [7, 11) is 1.54.